The van der Waals surface area contributed by atoms with Gasteiger partial charge in [0, 0.05) is 12.2 Å². The average Bonchev–Trinajstić information content (AvgIpc) is 2.97. The fraction of sp³-hybridized carbons (Fsp3) is 0.316. The number of hydrogen-bond donors (Lipinski definition) is 1. The Bertz CT molecular complexity index is 923. The molecule has 1 unspecified atom stereocenters. The zero-order valence-corrected chi connectivity index (χ0v) is 15.8. The van der Waals surface area contributed by atoms with Crippen LogP contribution in [0.1, 0.15) is 17.5 Å². The summed E-state index contributed by atoms with van der Waals surface area (Å²) < 4.78 is 33.2. The number of carbonyl (C=O) groups is 1. The molecule has 0 radical (unpaired) electrons. The van der Waals surface area contributed by atoms with E-state index < -0.39 is 16.1 Å². The molecule has 0 bridgehead atoms. The van der Waals surface area contributed by atoms with Crippen LogP contribution in [-0.2, 0) is 14.8 Å². The second-order valence-electron chi connectivity index (χ2n) is 6.42. The highest BCUT2D eigenvalue weighted by Gasteiger charge is 2.36. The van der Waals surface area contributed by atoms with Crippen LogP contribution in [0.25, 0.3) is 0 Å². The third-order valence-electron chi connectivity index (χ3n) is 4.52. The van der Waals surface area contributed by atoms with Crippen LogP contribution >= 0.6 is 0 Å². The Labute approximate surface area is 153 Å². The van der Waals surface area contributed by atoms with Crippen LogP contribution in [-0.4, -0.2) is 34.0 Å². The van der Waals surface area contributed by atoms with E-state index in [0.29, 0.717) is 24.3 Å². The molecule has 26 heavy (non-hydrogen) atoms. The van der Waals surface area contributed by atoms with E-state index in [2.05, 4.69) is 4.72 Å². The molecule has 1 aliphatic heterocycles. The number of sulfonamides is 1. The zero-order valence-electron chi connectivity index (χ0n) is 15.0. The number of nitrogens with one attached hydrogen (secondary N) is 1. The Kier molecular flexibility index (Phi) is 5.02. The van der Waals surface area contributed by atoms with Gasteiger partial charge in [-0.15, -0.1) is 0 Å². The largest absolute Gasteiger partial charge is 0.497 e. The summed E-state index contributed by atoms with van der Waals surface area (Å²) in [5, 5.41) is 0. The molecule has 0 saturated carbocycles. The smallest absolute Gasteiger partial charge is 0.245 e. The van der Waals surface area contributed by atoms with Crippen molar-refractivity contribution in [1.29, 1.82) is 0 Å². The molecule has 2 aromatic carbocycles. The van der Waals surface area contributed by atoms with E-state index in [1.807, 2.05) is 13.0 Å². The van der Waals surface area contributed by atoms with Crippen LogP contribution in [0.15, 0.2) is 47.4 Å². The van der Waals surface area contributed by atoms with Crippen LogP contribution in [0.2, 0.25) is 0 Å². The monoisotopic (exact) mass is 374 g/mol. The number of aryl methyl sites for hydroxylation is 2. The second-order valence-corrected chi connectivity index (χ2v) is 8.10. The quantitative estimate of drug-likeness (QED) is 0.872. The minimum absolute atomic E-state index is 0.216. The maximum absolute atomic E-state index is 12.7. The first-order valence-corrected chi connectivity index (χ1v) is 9.85. The van der Waals surface area contributed by atoms with E-state index in [1.54, 1.807) is 55.3 Å². The minimum atomic E-state index is -3.76. The fourth-order valence-electron chi connectivity index (χ4n) is 3.06. The molecule has 2 aromatic rings. The standard InChI is InChI=1S/C19H22N2O4S/c1-13-4-5-14(2)18(12-13)26(23,24)20-17-10-11-21(19(17)22)15-6-8-16(25-3)9-7-15/h4-9,12,17,20H,10-11H2,1-3H3. The Hall–Kier alpha value is -2.38. The Morgan fingerprint density at radius 1 is 1.12 bits per heavy atom. The van der Waals surface area contributed by atoms with Gasteiger partial charge in [-0.25, -0.2) is 8.42 Å². The summed E-state index contributed by atoms with van der Waals surface area (Å²) in [4.78, 5) is 14.5. The summed E-state index contributed by atoms with van der Waals surface area (Å²) in [6.07, 6.45) is 0.426. The van der Waals surface area contributed by atoms with Crippen molar-refractivity contribution in [2.75, 3.05) is 18.6 Å². The van der Waals surface area contributed by atoms with Gasteiger partial charge in [-0.3, -0.25) is 4.79 Å². The highest BCUT2D eigenvalue weighted by atomic mass is 32.2. The second kappa shape index (κ2) is 7.09. The molecule has 0 aliphatic carbocycles. The third kappa shape index (κ3) is 3.59. The van der Waals surface area contributed by atoms with E-state index >= 15 is 0 Å². The normalized spacial score (nSPS) is 17.6. The molecule has 1 atom stereocenters. The number of carbonyl (C=O) groups excluding carboxylic acids is 1. The maximum atomic E-state index is 12.7. The van der Waals surface area contributed by atoms with Crippen molar-refractivity contribution in [3.63, 3.8) is 0 Å². The van der Waals surface area contributed by atoms with Gasteiger partial charge in [0.05, 0.1) is 12.0 Å². The molecule has 0 aromatic heterocycles. The molecule has 1 fully saturated rings. The van der Waals surface area contributed by atoms with Crippen LogP contribution in [0.3, 0.4) is 0 Å². The topological polar surface area (TPSA) is 75.7 Å². The van der Waals surface area contributed by atoms with Crippen molar-refractivity contribution in [3.05, 3.63) is 53.6 Å². The number of methoxy groups -OCH3 is 1. The number of nitrogens with zero attached hydrogens (tertiary/aromatic N) is 1. The van der Waals surface area contributed by atoms with Gasteiger partial charge in [0.2, 0.25) is 15.9 Å². The Morgan fingerprint density at radius 2 is 1.81 bits per heavy atom. The lowest BCUT2D eigenvalue weighted by molar-refractivity contribution is -0.118. The molecular formula is C19H22N2O4S. The molecule has 7 heteroatoms. The lowest BCUT2D eigenvalue weighted by Gasteiger charge is -2.18. The predicted molar refractivity (Wildman–Crippen MR) is 100.0 cm³/mol. The van der Waals surface area contributed by atoms with Gasteiger partial charge in [0.15, 0.2) is 0 Å². The zero-order chi connectivity index (χ0) is 18.9. The summed E-state index contributed by atoms with van der Waals surface area (Å²) in [7, 11) is -2.19. The van der Waals surface area contributed by atoms with Crippen LogP contribution in [0.5, 0.6) is 5.75 Å². The SMILES string of the molecule is COc1ccc(N2CCC(NS(=O)(=O)c3cc(C)ccc3C)C2=O)cc1. The summed E-state index contributed by atoms with van der Waals surface area (Å²) in [6, 6.07) is 11.6. The highest BCUT2D eigenvalue weighted by molar-refractivity contribution is 7.89. The van der Waals surface area contributed by atoms with E-state index in [1.165, 1.54) is 0 Å². The van der Waals surface area contributed by atoms with Gasteiger partial charge in [-0.05, 0) is 61.7 Å². The van der Waals surface area contributed by atoms with E-state index in [-0.39, 0.29) is 10.8 Å². The number of hydrogen-bond acceptors (Lipinski definition) is 4. The molecule has 3 rings (SSSR count). The molecule has 1 amide bonds. The Balaban J connectivity index is 1.78. The fourth-order valence-corrected chi connectivity index (χ4v) is 4.61. The molecule has 1 heterocycles. The van der Waals surface area contributed by atoms with Gasteiger partial charge in [-0.2, -0.15) is 4.72 Å². The van der Waals surface area contributed by atoms with Gasteiger partial charge >= 0.3 is 0 Å². The molecule has 1 aliphatic rings. The number of benzene rings is 2. The van der Waals surface area contributed by atoms with Crippen molar-refractivity contribution in [2.45, 2.75) is 31.2 Å². The number of rotatable bonds is 5. The first-order chi connectivity index (χ1) is 12.3. The van der Waals surface area contributed by atoms with Gasteiger partial charge in [0.1, 0.15) is 11.8 Å². The van der Waals surface area contributed by atoms with Gasteiger partial charge in [0.25, 0.3) is 0 Å². The van der Waals surface area contributed by atoms with Gasteiger partial charge < -0.3 is 9.64 Å². The van der Waals surface area contributed by atoms with E-state index in [4.69, 9.17) is 4.74 Å². The van der Waals surface area contributed by atoms with Crippen molar-refractivity contribution in [3.8, 4) is 5.75 Å². The summed E-state index contributed by atoms with van der Waals surface area (Å²) in [5.74, 6) is 0.455. The summed E-state index contributed by atoms with van der Waals surface area (Å²) in [6.45, 7) is 4.05. The number of amides is 1. The molecule has 138 valence electrons. The van der Waals surface area contributed by atoms with Crippen LogP contribution in [0, 0.1) is 13.8 Å². The van der Waals surface area contributed by atoms with Gasteiger partial charge in [-0.1, -0.05) is 12.1 Å². The summed E-state index contributed by atoms with van der Waals surface area (Å²) in [5.41, 5.74) is 2.23. The highest BCUT2D eigenvalue weighted by Crippen LogP contribution is 2.25. The molecule has 1 saturated heterocycles. The van der Waals surface area contributed by atoms with Crippen molar-refractivity contribution in [1.82, 2.24) is 4.72 Å². The van der Waals surface area contributed by atoms with Crippen molar-refractivity contribution >= 4 is 21.6 Å². The predicted octanol–water partition coefficient (Wildman–Crippen LogP) is 2.40. The average molecular weight is 374 g/mol. The lowest BCUT2D eigenvalue weighted by Crippen LogP contribution is -2.41. The summed E-state index contributed by atoms with van der Waals surface area (Å²) >= 11 is 0. The maximum Gasteiger partial charge on any atom is 0.245 e. The van der Waals surface area contributed by atoms with Crippen molar-refractivity contribution < 1.29 is 17.9 Å². The van der Waals surface area contributed by atoms with E-state index in [9.17, 15) is 13.2 Å². The Morgan fingerprint density at radius 3 is 2.46 bits per heavy atom. The van der Waals surface area contributed by atoms with Crippen molar-refractivity contribution in [2.24, 2.45) is 0 Å². The molecular weight excluding hydrogens is 352 g/mol. The first-order valence-electron chi connectivity index (χ1n) is 8.37. The molecule has 1 N–H and O–H groups in total. The number of anilines is 1. The van der Waals surface area contributed by atoms with Crippen LogP contribution in [0.4, 0.5) is 5.69 Å². The first kappa shape index (κ1) is 18.4. The van der Waals surface area contributed by atoms with E-state index in [0.717, 1.165) is 11.3 Å². The number of ether oxygens (including phenoxy) is 1. The molecule has 0 spiro atoms. The third-order valence-corrected chi connectivity index (χ3v) is 6.13. The minimum Gasteiger partial charge on any atom is -0.497 e. The van der Waals surface area contributed by atoms with Crippen LogP contribution < -0.4 is 14.4 Å². The lowest BCUT2D eigenvalue weighted by atomic mass is 10.2. The molecule has 6 nitrogen and oxygen atoms in total.